The molecule has 0 aliphatic heterocycles. The van der Waals surface area contributed by atoms with Crippen molar-refractivity contribution in [2.24, 2.45) is 5.73 Å². The van der Waals surface area contributed by atoms with E-state index in [4.69, 9.17) is 10.5 Å². The highest BCUT2D eigenvalue weighted by Crippen LogP contribution is 2.30. The van der Waals surface area contributed by atoms with Crippen LogP contribution < -0.4 is 5.73 Å². The van der Waals surface area contributed by atoms with Crippen LogP contribution >= 0.6 is 0 Å². The minimum atomic E-state index is 0.232. The van der Waals surface area contributed by atoms with Gasteiger partial charge in [-0.15, -0.1) is 0 Å². The Bertz CT molecular complexity index is 322. The number of rotatable bonds is 2. The van der Waals surface area contributed by atoms with E-state index in [2.05, 4.69) is 18.2 Å². The number of hydrogen-bond donors (Lipinski definition) is 1. The molecule has 1 atom stereocenters. The van der Waals surface area contributed by atoms with Crippen LogP contribution in [-0.4, -0.2) is 7.11 Å². The monoisotopic (exact) mass is 191 g/mol. The Morgan fingerprint density at radius 2 is 2.36 bits per heavy atom. The van der Waals surface area contributed by atoms with Crippen LogP contribution in [0.2, 0.25) is 0 Å². The van der Waals surface area contributed by atoms with Crippen LogP contribution in [-0.2, 0) is 17.8 Å². The predicted molar refractivity (Wildman–Crippen MR) is 57.0 cm³/mol. The molecule has 1 aliphatic carbocycles. The van der Waals surface area contributed by atoms with Gasteiger partial charge in [0.05, 0.1) is 6.61 Å². The van der Waals surface area contributed by atoms with Gasteiger partial charge in [-0.05, 0) is 36.0 Å². The summed E-state index contributed by atoms with van der Waals surface area (Å²) in [5.41, 5.74) is 10.1. The Kier molecular flexibility index (Phi) is 2.85. The summed E-state index contributed by atoms with van der Waals surface area (Å²) in [5, 5.41) is 0. The molecule has 14 heavy (non-hydrogen) atoms. The Morgan fingerprint density at radius 1 is 1.50 bits per heavy atom. The topological polar surface area (TPSA) is 35.2 Å². The van der Waals surface area contributed by atoms with Crippen molar-refractivity contribution < 1.29 is 4.74 Å². The molecule has 0 aromatic heterocycles. The second-order valence-corrected chi connectivity index (χ2v) is 3.92. The maximum Gasteiger partial charge on any atom is 0.0715 e. The smallest absolute Gasteiger partial charge is 0.0715 e. The minimum Gasteiger partial charge on any atom is -0.380 e. The van der Waals surface area contributed by atoms with Crippen molar-refractivity contribution in [3.63, 3.8) is 0 Å². The highest BCUT2D eigenvalue weighted by Gasteiger charge is 2.18. The molecule has 0 saturated carbocycles. The minimum absolute atomic E-state index is 0.232. The van der Waals surface area contributed by atoms with Crippen LogP contribution in [0.15, 0.2) is 18.2 Å². The number of benzene rings is 1. The highest BCUT2D eigenvalue weighted by atomic mass is 16.5. The zero-order chi connectivity index (χ0) is 9.97. The average Bonchev–Trinajstić information content (AvgIpc) is 2.20. The summed E-state index contributed by atoms with van der Waals surface area (Å²) >= 11 is 0. The highest BCUT2D eigenvalue weighted by molar-refractivity contribution is 5.38. The molecular weight excluding hydrogens is 174 g/mol. The summed E-state index contributed by atoms with van der Waals surface area (Å²) in [6.07, 6.45) is 3.47. The third-order valence-corrected chi connectivity index (χ3v) is 2.95. The SMILES string of the molecule is COCc1cccc2c1CCC[C@H]2N. The molecule has 2 N–H and O–H groups in total. The first-order chi connectivity index (χ1) is 6.83. The van der Waals surface area contributed by atoms with Crippen LogP contribution in [0, 0.1) is 0 Å². The van der Waals surface area contributed by atoms with Gasteiger partial charge in [-0.1, -0.05) is 18.2 Å². The quantitative estimate of drug-likeness (QED) is 0.777. The van der Waals surface area contributed by atoms with Gasteiger partial charge in [0, 0.05) is 13.2 Å². The standard InChI is InChI=1S/C12H17NO/c1-14-8-9-4-2-6-11-10(9)5-3-7-12(11)13/h2,4,6,12H,3,5,7-8,13H2,1H3/t12-/m1/s1. The van der Waals surface area contributed by atoms with E-state index in [9.17, 15) is 0 Å². The van der Waals surface area contributed by atoms with Crippen LogP contribution in [0.4, 0.5) is 0 Å². The second-order valence-electron chi connectivity index (χ2n) is 3.92. The van der Waals surface area contributed by atoms with Crippen molar-refractivity contribution in [2.45, 2.75) is 31.9 Å². The van der Waals surface area contributed by atoms with Gasteiger partial charge >= 0.3 is 0 Å². The largest absolute Gasteiger partial charge is 0.380 e. The van der Waals surface area contributed by atoms with Gasteiger partial charge in [0.1, 0.15) is 0 Å². The summed E-state index contributed by atoms with van der Waals surface area (Å²) in [6, 6.07) is 6.60. The number of nitrogens with two attached hydrogens (primary N) is 1. The Hall–Kier alpha value is -0.860. The third kappa shape index (κ3) is 1.68. The zero-order valence-electron chi connectivity index (χ0n) is 8.62. The van der Waals surface area contributed by atoms with Crippen molar-refractivity contribution in [1.82, 2.24) is 0 Å². The summed E-state index contributed by atoms with van der Waals surface area (Å²) in [4.78, 5) is 0. The van der Waals surface area contributed by atoms with Crippen LogP contribution in [0.1, 0.15) is 35.6 Å². The maximum absolute atomic E-state index is 6.07. The van der Waals surface area contributed by atoms with E-state index in [1.165, 1.54) is 23.1 Å². The Morgan fingerprint density at radius 3 is 3.14 bits per heavy atom. The lowest BCUT2D eigenvalue weighted by Crippen LogP contribution is -2.18. The third-order valence-electron chi connectivity index (χ3n) is 2.95. The Balaban J connectivity index is 2.39. The van der Waals surface area contributed by atoms with Crippen molar-refractivity contribution in [3.8, 4) is 0 Å². The zero-order valence-corrected chi connectivity index (χ0v) is 8.62. The molecule has 0 spiro atoms. The molecule has 76 valence electrons. The number of fused-ring (bicyclic) bond motifs is 1. The fraction of sp³-hybridized carbons (Fsp3) is 0.500. The van der Waals surface area contributed by atoms with Gasteiger partial charge in [-0.25, -0.2) is 0 Å². The van der Waals surface area contributed by atoms with E-state index in [1.807, 2.05) is 0 Å². The molecule has 1 aromatic rings. The van der Waals surface area contributed by atoms with E-state index in [0.29, 0.717) is 6.61 Å². The van der Waals surface area contributed by atoms with Gasteiger partial charge in [0.15, 0.2) is 0 Å². The Labute approximate surface area is 85.1 Å². The second kappa shape index (κ2) is 4.11. The molecular formula is C12H17NO. The molecule has 2 rings (SSSR count). The van der Waals surface area contributed by atoms with Gasteiger partial charge in [0.25, 0.3) is 0 Å². The van der Waals surface area contributed by atoms with Crippen LogP contribution in [0.25, 0.3) is 0 Å². The lowest BCUT2D eigenvalue weighted by atomic mass is 9.85. The fourth-order valence-corrected chi connectivity index (χ4v) is 2.25. The summed E-state index contributed by atoms with van der Waals surface area (Å²) in [5.74, 6) is 0. The normalized spacial score (nSPS) is 20.6. The van der Waals surface area contributed by atoms with Crippen molar-refractivity contribution in [1.29, 1.82) is 0 Å². The number of methoxy groups -OCH3 is 1. The number of hydrogen-bond acceptors (Lipinski definition) is 2. The van der Waals surface area contributed by atoms with E-state index >= 15 is 0 Å². The number of ether oxygens (including phenoxy) is 1. The molecule has 2 heteroatoms. The molecule has 0 unspecified atom stereocenters. The van der Waals surface area contributed by atoms with Gasteiger partial charge < -0.3 is 10.5 Å². The van der Waals surface area contributed by atoms with Crippen molar-refractivity contribution in [3.05, 3.63) is 34.9 Å². The first kappa shape index (κ1) is 9.69. The maximum atomic E-state index is 6.07. The van der Waals surface area contributed by atoms with Gasteiger partial charge in [0.2, 0.25) is 0 Å². The van der Waals surface area contributed by atoms with Crippen LogP contribution in [0.3, 0.4) is 0 Å². The first-order valence-corrected chi connectivity index (χ1v) is 5.18. The summed E-state index contributed by atoms with van der Waals surface area (Å²) < 4.78 is 5.19. The lowest BCUT2D eigenvalue weighted by Gasteiger charge is -2.24. The van der Waals surface area contributed by atoms with E-state index in [0.717, 1.165) is 12.8 Å². The predicted octanol–water partition coefficient (Wildman–Crippen LogP) is 2.17. The average molecular weight is 191 g/mol. The van der Waals surface area contributed by atoms with Crippen molar-refractivity contribution in [2.75, 3.05) is 7.11 Å². The molecule has 0 radical (unpaired) electrons. The summed E-state index contributed by atoms with van der Waals surface area (Å²) in [7, 11) is 1.74. The first-order valence-electron chi connectivity index (χ1n) is 5.18. The molecule has 0 fully saturated rings. The van der Waals surface area contributed by atoms with Gasteiger partial charge in [-0.2, -0.15) is 0 Å². The van der Waals surface area contributed by atoms with Gasteiger partial charge in [-0.3, -0.25) is 0 Å². The van der Waals surface area contributed by atoms with Crippen molar-refractivity contribution >= 4 is 0 Å². The molecule has 1 aliphatic rings. The van der Waals surface area contributed by atoms with E-state index in [-0.39, 0.29) is 6.04 Å². The molecule has 0 heterocycles. The fourth-order valence-electron chi connectivity index (χ4n) is 2.25. The molecule has 0 amide bonds. The molecule has 0 bridgehead atoms. The van der Waals surface area contributed by atoms with E-state index in [1.54, 1.807) is 7.11 Å². The molecule has 1 aromatic carbocycles. The summed E-state index contributed by atoms with van der Waals surface area (Å²) in [6.45, 7) is 0.704. The molecule has 0 saturated heterocycles. The molecule has 2 nitrogen and oxygen atoms in total. The van der Waals surface area contributed by atoms with E-state index < -0.39 is 0 Å². The van der Waals surface area contributed by atoms with Crippen LogP contribution in [0.5, 0.6) is 0 Å². The lowest BCUT2D eigenvalue weighted by molar-refractivity contribution is 0.183.